The Labute approximate surface area is 151 Å². The van der Waals surface area contributed by atoms with Gasteiger partial charge in [-0.3, -0.25) is 9.59 Å². The Morgan fingerprint density at radius 3 is 2.54 bits per heavy atom. The number of aryl methyl sites for hydroxylation is 1. The number of fused-ring (bicyclic) bond motifs is 1. The van der Waals surface area contributed by atoms with Gasteiger partial charge in [0.15, 0.2) is 11.4 Å². The van der Waals surface area contributed by atoms with E-state index < -0.39 is 5.97 Å². The van der Waals surface area contributed by atoms with Crippen LogP contribution in [0.2, 0.25) is 0 Å². The zero-order valence-corrected chi connectivity index (χ0v) is 14.5. The highest BCUT2D eigenvalue weighted by Crippen LogP contribution is 2.24. The summed E-state index contributed by atoms with van der Waals surface area (Å²) in [6, 6.07) is 11.4. The lowest BCUT2D eigenvalue weighted by molar-refractivity contribution is -0.137. The molecule has 2 aromatic heterocycles. The molecular formula is C20H19N3O3. The van der Waals surface area contributed by atoms with Crippen molar-refractivity contribution in [3.05, 3.63) is 53.9 Å². The van der Waals surface area contributed by atoms with Gasteiger partial charge in [-0.05, 0) is 32.3 Å². The third kappa shape index (κ3) is 4.08. The van der Waals surface area contributed by atoms with Gasteiger partial charge in [0, 0.05) is 23.7 Å². The fourth-order valence-corrected chi connectivity index (χ4v) is 2.75. The maximum atomic E-state index is 11.6. The Morgan fingerprint density at radius 1 is 1.08 bits per heavy atom. The molecule has 0 saturated carbocycles. The zero-order chi connectivity index (χ0) is 18.5. The SMILES string of the molecule is CC(=O)c1cnc2nc(-c3ccccc3)c(CCCCC(=O)O)nc2c1. The smallest absolute Gasteiger partial charge is 0.303 e. The normalized spacial score (nSPS) is 10.8. The van der Waals surface area contributed by atoms with Gasteiger partial charge in [0.25, 0.3) is 0 Å². The largest absolute Gasteiger partial charge is 0.481 e. The van der Waals surface area contributed by atoms with Crippen LogP contribution in [0.15, 0.2) is 42.6 Å². The van der Waals surface area contributed by atoms with E-state index in [1.54, 1.807) is 6.07 Å². The van der Waals surface area contributed by atoms with Crippen molar-refractivity contribution in [3.8, 4) is 11.3 Å². The highest BCUT2D eigenvalue weighted by Gasteiger charge is 2.13. The van der Waals surface area contributed by atoms with Gasteiger partial charge in [-0.25, -0.2) is 15.0 Å². The summed E-state index contributed by atoms with van der Waals surface area (Å²) >= 11 is 0. The molecule has 0 fully saturated rings. The summed E-state index contributed by atoms with van der Waals surface area (Å²) < 4.78 is 0. The molecule has 6 heteroatoms. The van der Waals surface area contributed by atoms with Crippen molar-refractivity contribution < 1.29 is 14.7 Å². The van der Waals surface area contributed by atoms with E-state index in [1.165, 1.54) is 13.1 Å². The predicted octanol–water partition coefficient (Wildman–Crippen LogP) is 3.69. The number of hydrogen-bond donors (Lipinski definition) is 1. The molecule has 3 rings (SSSR count). The molecule has 0 unspecified atom stereocenters. The molecule has 1 aromatic carbocycles. The second kappa shape index (κ2) is 7.82. The molecule has 0 atom stereocenters. The van der Waals surface area contributed by atoms with Crippen molar-refractivity contribution in [2.24, 2.45) is 0 Å². The van der Waals surface area contributed by atoms with E-state index in [4.69, 9.17) is 5.11 Å². The molecule has 0 aliphatic rings. The molecule has 6 nitrogen and oxygen atoms in total. The van der Waals surface area contributed by atoms with Gasteiger partial charge in [-0.2, -0.15) is 0 Å². The van der Waals surface area contributed by atoms with Crippen molar-refractivity contribution in [2.75, 3.05) is 0 Å². The predicted molar refractivity (Wildman–Crippen MR) is 98.0 cm³/mol. The Morgan fingerprint density at radius 2 is 1.85 bits per heavy atom. The first-order valence-electron chi connectivity index (χ1n) is 8.49. The van der Waals surface area contributed by atoms with Crippen molar-refractivity contribution in [3.63, 3.8) is 0 Å². The maximum Gasteiger partial charge on any atom is 0.303 e. The van der Waals surface area contributed by atoms with Crippen LogP contribution in [0.3, 0.4) is 0 Å². The summed E-state index contributed by atoms with van der Waals surface area (Å²) in [5, 5.41) is 8.80. The molecule has 0 aliphatic heterocycles. The van der Waals surface area contributed by atoms with E-state index in [-0.39, 0.29) is 12.2 Å². The lowest BCUT2D eigenvalue weighted by Gasteiger charge is -2.10. The first kappa shape index (κ1) is 17.7. The number of hydrogen-bond acceptors (Lipinski definition) is 5. The first-order chi connectivity index (χ1) is 12.5. The lowest BCUT2D eigenvalue weighted by Crippen LogP contribution is -2.03. The van der Waals surface area contributed by atoms with Crippen LogP contribution in [-0.2, 0) is 11.2 Å². The molecule has 0 spiro atoms. The highest BCUT2D eigenvalue weighted by atomic mass is 16.4. The molecule has 0 bridgehead atoms. The van der Waals surface area contributed by atoms with E-state index in [1.807, 2.05) is 30.3 Å². The monoisotopic (exact) mass is 349 g/mol. The minimum absolute atomic E-state index is 0.0728. The van der Waals surface area contributed by atoms with Gasteiger partial charge in [0.1, 0.15) is 5.52 Å². The van der Waals surface area contributed by atoms with Crippen molar-refractivity contribution in [1.82, 2.24) is 15.0 Å². The number of rotatable bonds is 7. The molecule has 26 heavy (non-hydrogen) atoms. The summed E-state index contributed by atoms with van der Waals surface area (Å²) in [4.78, 5) is 35.9. The number of Topliss-reactive ketones (excluding diaryl/α,β-unsaturated/α-hetero) is 1. The second-order valence-electron chi connectivity index (χ2n) is 6.11. The van der Waals surface area contributed by atoms with E-state index in [9.17, 15) is 9.59 Å². The molecule has 0 aliphatic carbocycles. The summed E-state index contributed by atoms with van der Waals surface area (Å²) in [5.41, 5.74) is 4.03. The number of pyridine rings is 1. The number of carbonyl (C=O) groups excluding carboxylic acids is 1. The van der Waals surface area contributed by atoms with Gasteiger partial charge >= 0.3 is 5.97 Å². The Balaban J connectivity index is 2.01. The summed E-state index contributed by atoms with van der Waals surface area (Å²) in [7, 11) is 0. The fourth-order valence-electron chi connectivity index (χ4n) is 2.75. The number of carboxylic acid groups (broad SMARTS) is 1. The van der Waals surface area contributed by atoms with Gasteiger partial charge in [0.2, 0.25) is 0 Å². The standard InChI is InChI=1S/C20H19N3O3/c1-13(24)15-11-17-20(21-12-15)23-19(14-7-3-2-4-8-14)16(22-17)9-5-6-10-18(25)26/h2-4,7-8,11-12H,5-6,9-10H2,1H3,(H,25,26). The van der Waals surface area contributed by atoms with Gasteiger partial charge in [0.05, 0.1) is 11.4 Å². The Kier molecular flexibility index (Phi) is 5.31. The molecule has 1 N–H and O–H groups in total. The fraction of sp³-hybridized carbons (Fsp3) is 0.250. The van der Waals surface area contributed by atoms with Crippen LogP contribution in [0.5, 0.6) is 0 Å². The van der Waals surface area contributed by atoms with Gasteiger partial charge < -0.3 is 5.11 Å². The molecule has 3 aromatic rings. The average Bonchev–Trinajstić information content (AvgIpc) is 2.64. The average molecular weight is 349 g/mol. The van der Waals surface area contributed by atoms with Crippen LogP contribution in [0.4, 0.5) is 0 Å². The minimum Gasteiger partial charge on any atom is -0.481 e. The summed E-state index contributed by atoms with van der Waals surface area (Å²) in [6.45, 7) is 1.49. The molecule has 2 heterocycles. The number of ketones is 1. The topological polar surface area (TPSA) is 93.0 Å². The van der Waals surface area contributed by atoms with Crippen LogP contribution < -0.4 is 0 Å². The number of aromatic nitrogens is 3. The van der Waals surface area contributed by atoms with E-state index in [0.717, 1.165) is 17.0 Å². The number of carbonyl (C=O) groups is 2. The molecular weight excluding hydrogens is 330 g/mol. The zero-order valence-electron chi connectivity index (χ0n) is 14.5. The molecule has 132 valence electrons. The molecule has 0 radical (unpaired) electrons. The highest BCUT2D eigenvalue weighted by molar-refractivity contribution is 5.96. The molecule has 0 amide bonds. The number of benzene rings is 1. The van der Waals surface area contributed by atoms with Crippen molar-refractivity contribution in [1.29, 1.82) is 0 Å². The maximum absolute atomic E-state index is 11.6. The van der Waals surface area contributed by atoms with E-state index >= 15 is 0 Å². The van der Waals surface area contributed by atoms with E-state index in [0.29, 0.717) is 36.0 Å². The third-order valence-electron chi connectivity index (χ3n) is 4.10. The second-order valence-corrected chi connectivity index (χ2v) is 6.11. The van der Waals surface area contributed by atoms with E-state index in [2.05, 4.69) is 15.0 Å². The van der Waals surface area contributed by atoms with Gasteiger partial charge in [-0.15, -0.1) is 0 Å². The quantitative estimate of drug-likeness (QED) is 0.516. The Bertz CT molecular complexity index is 955. The molecule has 0 saturated heterocycles. The third-order valence-corrected chi connectivity index (χ3v) is 4.10. The number of unbranched alkanes of at least 4 members (excludes halogenated alkanes) is 1. The van der Waals surface area contributed by atoms with Crippen LogP contribution in [0.1, 0.15) is 42.2 Å². The van der Waals surface area contributed by atoms with Crippen LogP contribution >= 0.6 is 0 Å². The Hall–Kier alpha value is -3.15. The number of nitrogens with zero attached hydrogens (tertiary/aromatic N) is 3. The summed E-state index contributed by atoms with van der Waals surface area (Å²) in [5.74, 6) is -0.871. The van der Waals surface area contributed by atoms with Crippen molar-refractivity contribution in [2.45, 2.75) is 32.6 Å². The number of carboxylic acids is 1. The lowest BCUT2D eigenvalue weighted by atomic mass is 10.0. The summed E-state index contributed by atoms with van der Waals surface area (Å²) in [6.07, 6.45) is 3.55. The van der Waals surface area contributed by atoms with Crippen LogP contribution in [0.25, 0.3) is 22.4 Å². The minimum atomic E-state index is -0.798. The van der Waals surface area contributed by atoms with Crippen LogP contribution in [-0.4, -0.2) is 31.8 Å². The first-order valence-corrected chi connectivity index (χ1v) is 8.49. The van der Waals surface area contributed by atoms with Crippen LogP contribution in [0, 0.1) is 0 Å². The van der Waals surface area contributed by atoms with Gasteiger partial charge in [-0.1, -0.05) is 30.3 Å². The number of aliphatic carboxylic acids is 1. The van der Waals surface area contributed by atoms with Crippen molar-refractivity contribution >= 4 is 22.9 Å².